The Bertz CT molecular complexity index is 5040. The SMILES string of the molecule is CCC(C)(C)C(=O)NC(C)(C)CS(=O)(=O)NC(C)=O.CCC(C)(C)C(=O)Nc1ccncc1.CCC(C)C(=O)NC(=O)C(F)(F)F.CCC(C)C(=O)Nc1ccc(O)c2ncccc12.CCC(C)c1ccc2c(c1)c1ccccc1n2-c1ccccc1.CCC(C)c1ccccc1.CCC(C)c1ccccc1.CC[N+](C)(C)C.CCn1cc[n+](C)c1.F.FP(F)(F)(F)F.[Cl-]. The van der Waals surface area contributed by atoms with Gasteiger partial charge in [0, 0.05) is 75.7 Å². The van der Waals surface area contributed by atoms with E-state index in [9.17, 15) is 76.4 Å². The number of para-hydroxylation sites is 2. The quantitative estimate of drug-likeness (QED) is 0.0115. The van der Waals surface area contributed by atoms with E-state index in [2.05, 4.69) is 258 Å². The maximum absolute atomic E-state index is 12.0. The number of nitrogens with one attached hydrogen (secondary N) is 5. The van der Waals surface area contributed by atoms with Gasteiger partial charge < -0.3 is 42.5 Å². The van der Waals surface area contributed by atoms with Crippen molar-refractivity contribution in [2.45, 2.75) is 226 Å². The minimum Gasteiger partial charge on any atom is -1.00 e. The number of carbonyl (C=O) groups is 6. The number of quaternary nitrogens is 1. The molecule has 0 bridgehead atoms. The van der Waals surface area contributed by atoms with Crippen LogP contribution in [0.1, 0.15) is 225 Å². The van der Waals surface area contributed by atoms with Gasteiger partial charge in [-0.3, -0.25) is 53.5 Å². The summed E-state index contributed by atoms with van der Waals surface area (Å²) in [7, 11) is -3.74. The molecule has 0 aliphatic rings. The summed E-state index contributed by atoms with van der Waals surface area (Å²) in [5, 5.41) is 22.8. The first-order chi connectivity index (χ1) is 58.9. The number of amides is 6. The Morgan fingerprint density at radius 2 is 0.984 bits per heavy atom. The number of benzene rings is 6. The average molecular weight is 1870 g/mol. The summed E-state index contributed by atoms with van der Waals surface area (Å²) in [4.78, 5) is 75.5. The molecular weight excluding hydrogens is 1730 g/mol. The number of pyridine rings is 2. The summed E-state index contributed by atoms with van der Waals surface area (Å²) in [6.07, 6.45) is 12.4. The molecule has 0 fully saturated rings. The zero-order chi connectivity index (χ0) is 97.1. The van der Waals surface area contributed by atoms with Crippen molar-refractivity contribution in [2.24, 2.45) is 29.7 Å². The van der Waals surface area contributed by atoms with Gasteiger partial charge >= 0.3 is 41.2 Å². The number of aromatic hydroxyl groups is 1. The Labute approximate surface area is 766 Å². The van der Waals surface area contributed by atoms with Crippen molar-refractivity contribution in [2.75, 3.05) is 44.1 Å². The van der Waals surface area contributed by atoms with Crippen LogP contribution in [-0.2, 0) is 52.4 Å². The molecule has 0 aliphatic carbocycles. The van der Waals surface area contributed by atoms with Crippen LogP contribution in [0, 0.1) is 22.7 Å². The Kier molecular flexibility index (Phi) is 53.4. The second kappa shape index (κ2) is 57.0. The van der Waals surface area contributed by atoms with E-state index in [1.165, 1.54) is 82.2 Å². The smallest absolute Gasteiger partial charge is 1.00 e. The van der Waals surface area contributed by atoms with Gasteiger partial charge in [-0.05, 0) is 174 Å². The van der Waals surface area contributed by atoms with Crippen molar-refractivity contribution >= 4 is 97.7 Å². The Morgan fingerprint density at radius 3 is 1.41 bits per heavy atom. The van der Waals surface area contributed by atoms with E-state index in [0.29, 0.717) is 41.8 Å². The van der Waals surface area contributed by atoms with E-state index in [1.54, 1.807) is 83.5 Å². The number of halogens is 10. The van der Waals surface area contributed by atoms with Crippen molar-refractivity contribution in [1.29, 1.82) is 0 Å². The Hall–Kier alpha value is -10.3. The van der Waals surface area contributed by atoms with E-state index >= 15 is 0 Å². The van der Waals surface area contributed by atoms with Crippen molar-refractivity contribution in [3.63, 3.8) is 0 Å². The van der Waals surface area contributed by atoms with Crippen LogP contribution in [0.2, 0.25) is 0 Å². The number of hydrogen-bond donors (Lipinski definition) is 6. The number of phenols is 1. The zero-order valence-corrected chi connectivity index (χ0v) is 82.1. The number of aryl methyl sites for hydroxylation is 2. The molecule has 0 saturated carbocycles. The summed E-state index contributed by atoms with van der Waals surface area (Å²) in [5.74, 6) is -2.79. The normalized spacial score (nSPS) is 12.6. The van der Waals surface area contributed by atoms with Gasteiger partial charge in [0.15, 0.2) is 0 Å². The van der Waals surface area contributed by atoms with Gasteiger partial charge in [-0.2, -0.15) is 13.2 Å². The van der Waals surface area contributed by atoms with Gasteiger partial charge in [0.05, 0.1) is 69.3 Å². The number of sulfonamides is 1. The molecule has 5 atom stereocenters. The molecule has 20 nitrogen and oxygen atoms in total. The van der Waals surface area contributed by atoms with Crippen LogP contribution < -0.4 is 43.0 Å². The number of nitrogens with zero attached hydrogens (tertiary/aromatic N) is 6. The Morgan fingerprint density at radius 1 is 0.543 bits per heavy atom. The minimum absolute atomic E-state index is 0. The zero-order valence-electron chi connectivity index (χ0n) is 79.6. The number of alkyl halides is 3. The fourth-order valence-corrected chi connectivity index (χ4v) is 12.1. The first-order valence-corrected chi connectivity index (χ1v) is 46.2. The van der Waals surface area contributed by atoms with Crippen LogP contribution in [0.15, 0.2) is 207 Å². The summed E-state index contributed by atoms with van der Waals surface area (Å²) in [5.41, 5.74) is 8.25. The van der Waals surface area contributed by atoms with Crippen LogP contribution in [0.25, 0.3) is 38.4 Å². The molecule has 5 unspecified atom stereocenters. The largest absolute Gasteiger partial charge is 1.00 e. The maximum Gasteiger partial charge on any atom is -1.00 e. The number of rotatable bonds is 23. The molecule has 6 amide bonds. The molecule has 718 valence electrons. The molecule has 4 heterocycles. The van der Waals surface area contributed by atoms with Crippen LogP contribution in [0.4, 0.5) is 50.2 Å². The van der Waals surface area contributed by atoms with Gasteiger partial charge in [0.1, 0.15) is 23.7 Å². The van der Waals surface area contributed by atoms with Crippen LogP contribution >= 0.6 is 8.16 Å². The number of fused-ring (bicyclic) bond motifs is 4. The third kappa shape index (κ3) is 47.7. The van der Waals surface area contributed by atoms with Crippen LogP contribution in [0.5, 0.6) is 5.75 Å². The third-order valence-corrected chi connectivity index (χ3v) is 22.5. The molecule has 0 saturated heterocycles. The minimum atomic E-state index is -8.55. The number of imidazole rings is 1. The van der Waals surface area contributed by atoms with Crippen molar-refractivity contribution in [3.05, 3.63) is 224 Å². The molecule has 0 radical (unpaired) electrons. The molecule has 6 N–H and O–H groups in total. The molecule has 10 rings (SSSR count). The summed E-state index contributed by atoms with van der Waals surface area (Å²) < 4.78 is 117. The van der Waals surface area contributed by atoms with Crippen LogP contribution in [0.3, 0.4) is 0 Å². The monoisotopic (exact) mass is 1870 g/mol. The second-order valence-electron chi connectivity index (χ2n) is 33.7. The summed E-state index contributed by atoms with van der Waals surface area (Å²) in [6, 6.07) is 57.9. The van der Waals surface area contributed by atoms with Gasteiger partial charge in [-0.1, -0.05) is 214 Å². The number of imide groups is 1. The first-order valence-electron chi connectivity index (χ1n) is 42.8. The molecule has 32 heteroatoms. The van der Waals surface area contributed by atoms with E-state index in [1.807, 2.05) is 70.1 Å². The van der Waals surface area contributed by atoms with Gasteiger partial charge in [-0.25, -0.2) is 17.6 Å². The van der Waals surface area contributed by atoms with E-state index in [0.717, 1.165) is 41.9 Å². The maximum atomic E-state index is 12.0. The average Bonchev–Trinajstić information content (AvgIpc) is 1.59. The number of anilines is 2. The molecule has 0 spiro atoms. The van der Waals surface area contributed by atoms with E-state index in [4.69, 9.17) is 0 Å². The van der Waals surface area contributed by atoms with Gasteiger partial charge in [0.25, 0.3) is 0 Å². The number of carbonyl (C=O) groups excluding carboxylic acids is 6. The summed E-state index contributed by atoms with van der Waals surface area (Å²) >= 11 is 0. The number of hydrogen-bond acceptors (Lipinski definition) is 11. The topological polar surface area (TPSA) is 256 Å². The molecule has 4 aromatic heterocycles. The van der Waals surface area contributed by atoms with Gasteiger partial charge in [-0.15, -0.1) is 0 Å². The molecule has 6 aromatic carbocycles. The number of aromatic nitrogens is 5. The molecular formula is C97H141ClF9N11O9PS+. The Balaban J connectivity index is 0. The van der Waals surface area contributed by atoms with E-state index in [-0.39, 0.29) is 57.7 Å². The van der Waals surface area contributed by atoms with Crippen LogP contribution in [-0.4, -0.2) is 118 Å². The third-order valence-electron chi connectivity index (χ3n) is 20.8. The van der Waals surface area contributed by atoms with Crippen molar-refractivity contribution in [1.82, 2.24) is 34.5 Å². The molecule has 0 aliphatic heterocycles. The fraction of sp³-hybridized carbons (Fsp3) is 0.454. The molecule has 10 aromatic rings. The predicted octanol–water partition coefficient (Wildman–Crippen LogP) is 21.3. The standard InChI is InChI=1S/C22H21N.C14H16N2O2.C12H24N2O4S.C11H16N2O.2C10H14.C7H10F3NO2.C6H11N2.C5H14N.ClH.F5P.FH/c1-3-16(2)17-13-14-22-20(15-17)19-11-7-8-12-21(19)23(22)18-9-5-4-6-10-18;1-3-9(2)14(18)16-11-6-7-12(17)13-10(11)5-4-8-15-13;1-7-11(3,4)10(16)13-12(5,6)8-19(17,18)14-9(2)15;1-4-11(2,3)10(14)13-9-5-7-12-8-6-9;2*1-3-9(2)10-7-5-4-6-8-10;1-3-4(2)5(12)11-6(13)7(8,9)10;1-3-8-5-4-7(2)6-8;1-5-6(2,3)4;;1-6(2,3,4)5;/h4-16H,3H2,1-2H3;4-9,17H,3H2,1-2H3,(H,16,18);7-8H2,1-6H3,(H,13,16)(H,14,15);5-8H,4H2,1-3H3,(H,12,13,14);2*4-9H,3H2,1-2H3;4H,3H2,1-2H3,(H,11,12,13);4-6H,3H2,1-2H3;5H2,1-4H3;1H;;1H/q;;;;;;;2*+1;;;/p-1. The second-order valence-corrected chi connectivity index (χ2v) is 36.7. The fourth-order valence-electron chi connectivity index (χ4n) is 10.6. The summed E-state index contributed by atoms with van der Waals surface area (Å²) in [6.45, 7) is 42.7. The molecule has 129 heavy (non-hydrogen) atoms. The number of phenolic OH excluding ortho intramolecular Hbond substituents is 1. The van der Waals surface area contributed by atoms with Crippen molar-refractivity contribution in [3.8, 4) is 11.4 Å². The predicted molar refractivity (Wildman–Crippen MR) is 506 cm³/mol. The first kappa shape index (κ1) is 121. The van der Waals surface area contributed by atoms with Gasteiger partial charge in [0.2, 0.25) is 45.9 Å². The van der Waals surface area contributed by atoms with Crippen molar-refractivity contribution < 1.29 is 103 Å². The van der Waals surface area contributed by atoms with E-state index < -0.39 is 58.9 Å².